The highest BCUT2D eigenvalue weighted by Gasteiger charge is 2.41. The van der Waals surface area contributed by atoms with E-state index in [0.717, 1.165) is 67.9 Å². The van der Waals surface area contributed by atoms with Gasteiger partial charge in [-0.25, -0.2) is 0 Å². The van der Waals surface area contributed by atoms with Crippen LogP contribution in [0.1, 0.15) is 90.9 Å². The van der Waals surface area contributed by atoms with E-state index in [0.29, 0.717) is 12.0 Å². The van der Waals surface area contributed by atoms with E-state index >= 15 is 0 Å². The number of hydrogen-bond acceptors (Lipinski definition) is 4. The van der Waals surface area contributed by atoms with Gasteiger partial charge >= 0.3 is 0 Å². The number of rotatable bonds is 11. The molecule has 5 atom stereocenters. The van der Waals surface area contributed by atoms with Crippen molar-refractivity contribution < 1.29 is 20.1 Å². The van der Waals surface area contributed by atoms with Gasteiger partial charge in [0.2, 0.25) is 0 Å². The van der Waals surface area contributed by atoms with Crippen molar-refractivity contribution in [1.29, 1.82) is 0 Å². The van der Waals surface area contributed by atoms with Crippen molar-refractivity contribution in [2.45, 2.75) is 82.5 Å². The van der Waals surface area contributed by atoms with E-state index in [2.05, 4.69) is 6.92 Å². The van der Waals surface area contributed by atoms with Crippen molar-refractivity contribution in [3.63, 3.8) is 0 Å². The molecule has 168 valence electrons. The Morgan fingerprint density at radius 3 is 2.52 bits per heavy atom. The fourth-order valence-corrected chi connectivity index (χ4v) is 4.99. The third kappa shape index (κ3) is 6.25. The lowest BCUT2D eigenvalue weighted by Gasteiger charge is -2.24. The molecule has 3 N–H and O–H groups in total. The molecule has 0 bridgehead atoms. The van der Waals surface area contributed by atoms with Crippen LogP contribution in [0, 0.1) is 5.92 Å². The number of carbonyl (C=O) groups is 1. The minimum absolute atomic E-state index is 0.00424. The van der Waals surface area contributed by atoms with E-state index < -0.39 is 18.3 Å². The lowest BCUT2D eigenvalue weighted by atomic mass is 9.83. The lowest BCUT2D eigenvalue weighted by Crippen LogP contribution is -2.20. The molecule has 0 aromatic heterocycles. The first-order valence-corrected chi connectivity index (χ1v) is 11.7. The second-order valence-corrected chi connectivity index (χ2v) is 8.99. The Morgan fingerprint density at radius 1 is 1.03 bits per heavy atom. The summed E-state index contributed by atoms with van der Waals surface area (Å²) in [5.41, 5.74) is 3.75. The molecule has 2 aromatic rings. The monoisotopic (exact) mass is 424 g/mol. The van der Waals surface area contributed by atoms with Crippen molar-refractivity contribution in [1.82, 2.24) is 0 Å². The van der Waals surface area contributed by atoms with Crippen LogP contribution in [0.3, 0.4) is 0 Å². The maximum absolute atomic E-state index is 11.0. The van der Waals surface area contributed by atoms with Crippen LogP contribution in [-0.2, 0) is 6.42 Å². The molecule has 31 heavy (non-hydrogen) atoms. The summed E-state index contributed by atoms with van der Waals surface area (Å²) in [6.45, 7) is 2.15. The summed E-state index contributed by atoms with van der Waals surface area (Å²) in [6.07, 6.45) is 6.35. The van der Waals surface area contributed by atoms with Gasteiger partial charge in [-0.15, -0.1) is 0 Å². The van der Waals surface area contributed by atoms with Crippen molar-refractivity contribution in [2.75, 3.05) is 0 Å². The van der Waals surface area contributed by atoms with Crippen LogP contribution in [-0.4, -0.2) is 33.8 Å². The molecule has 4 nitrogen and oxygen atoms in total. The van der Waals surface area contributed by atoms with Crippen LogP contribution in [0.15, 0.2) is 48.5 Å². The molecule has 0 amide bonds. The fraction of sp³-hybridized carbons (Fsp3) is 0.519. The Balaban J connectivity index is 1.62. The van der Waals surface area contributed by atoms with Gasteiger partial charge < -0.3 is 15.3 Å². The van der Waals surface area contributed by atoms with E-state index in [1.165, 1.54) is 0 Å². The van der Waals surface area contributed by atoms with Gasteiger partial charge in [0.25, 0.3) is 0 Å². The SMILES string of the molecule is CCCCCC(O)c1ccc(C2[C@H](O)C[C@H](O)[C@@H]2CCCc2cccc(C=O)c2)cc1. The van der Waals surface area contributed by atoms with Gasteiger partial charge in [-0.1, -0.05) is 68.7 Å². The van der Waals surface area contributed by atoms with Crippen LogP contribution < -0.4 is 0 Å². The third-order valence-corrected chi connectivity index (χ3v) is 6.73. The predicted octanol–water partition coefficient (Wildman–Crippen LogP) is 4.96. The molecule has 0 spiro atoms. The molecule has 0 heterocycles. The minimum Gasteiger partial charge on any atom is -0.393 e. The van der Waals surface area contributed by atoms with Crippen LogP contribution in [0.4, 0.5) is 0 Å². The summed E-state index contributed by atoms with van der Waals surface area (Å²) in [5.74, 6) is -0.0906. The Bertz CT molecular complexity index is 816. The molecular formula is C27H36O4. The van der Waals surface area contributed by atoms with Crippen molar-refractivity contribution in [3.05, 3.63) is 70.8 Å². The Labute approximate surface area is 186 Å². The molecule has 2 unspecified atom stereocenters. The number of unbranched alkanes of at least 4 members (excludes halogenated alkanes) is 2. The van der Waals surface area contributed by atoms with Gasteiger partial charge in [-0.2, -0.15) is 0 Å². The number of aliphatic hydroxyl groups excluding tert-OH is 3. The maximum Gasteiger partial charge on any atom is 0.150 e. The standard InChI is InChI=1S/C27H36O4/c1-2-3-4-11-24(29)21-12-14-22(15-13-21)27-23(25(30)17-26(27)31)10-6-8-19-7-5-9-20(16-19)18-28/h5,7,9,12-16,18,23-27,29-31H,2-4,6,8,10-11,17H2,1H3/t23-,24?,25-,26+,27?/m0/s1. The summed E-state index contributed by atoms with van der Waals surface area (Å²) in [6, 6.07) is 15.6. The molecule has 1 aliphatic rings. The first-order chi connectivity index (χ1) is 15.0. The molecule has 3 rings (SSSR count). The topological polar surface area (TPSA) is 77.8 Å². The fourth-order valence-electron chi connectivity index (χ4n) is 4.99. The second-order valence-electron chi connectivity index (χ2n) is 8.99. The number of carbonyl (C=O) groups excluding carboxylic acids is 1. The van der Waals surface area contributed by atoms with Gasteiger partial charge in [0, 0.05) is 17.9 Å². The van der Waals surface area contributed by atoms with E-state index in [1.807, 2.05) is 42.5 Å². The molecule has 0 aliphatic heterocycles. The highest BCUT2D eigenvalue weighted by Crippen LogP contribution is 2.43. The van der Waals surface area contributed by atoms with E-state index in [4.69, 9.17) is 0 Å². The number of hydrogen-bond donors (Lipinski definition) is 3. The largest absolute Gasteiger partial charge is 0.393 e. The lowest BCUT2D eigenvalue weighted by molar-refractivity contribution is 0.112. The van der Waals surface area contributed by atoms with Gasteiger partial charge in [0.05, 0.1) is 18.3 Å². The summed E-state index contributed by atoms with van der Waals surface area (Å²) < 4.78 is 0. The molecule has 1 aliphatic carbocycles. The summed E-state index contributed by atoms with van der Waals surface area (Å²) in [4.78, 5) is 11.0. The average molecular weight is 425 g/mol. The number of aryl methyl sites for hydroxylation is 1. The Morgan fingerprint density at radius 2 is 1.81 bits per heavy atom. The zero-order valence-corrected chi connectivity index (χ0v) is 18.5. The van der Waals surface area contributed by atoms with E-state index in [1.54, 1.807) is 6.07 Å². The van der Waals surface area contributed by atoms with Crippen molar-refractivity contribution in [2.24, 2.45) is 5.92 Å². The first-order valence-electron chi connectivity index (χ1n) is 11.7. The summed E-state index contributed by atoms with van der Waals surface area (Å²) in [7, 11) is 0. The average Bonchev–Trinajstić information content (AvgIpc) is 3.07. The Kier molecular flexibility index (Phi) is 8.82. The molecule has 0 saturated heterocycles. The highest BCUT2D eigenvalue weighted by molar-refractivity contribution is 5.74. The summed E-state index contributed by atoms with van der Waals surface area (Å²) >= 11 is 0. The first kappa shape index (κ1) is 23.6. The summed E-state index contributed by atoms with van der Waals surface area (Å²) in [5, 5.41) is 31.6. The molecule has 0 radical (unpaired) electrons. The van der Waals surface area contributed by atoms with Crippen molar-refractivity contribution in [3.8, 4) is 0 Å². The van der Waals surface area contributed by atoms with Crippen LogP contribution in [0.5, 0.6) is 0 Å². The second kappa shape index (κ2) is 11.6. The predicted molar refractivity (Wildman–Crippen MR) is 123 cm³/mol. The molecule has 1 fully saturated rings. The molecular weight excluding hydrogens is 388 g/mol. The Hall–Kier alpha value is -2.01. The van der Waals surface area contributed by atoms with Crippen LogP contribution in [0.25, 0.3) is 0 Å². The van der Waals surface area contributed by atoms with Crippen LogP contribution >= 0.6 is 0 Å². The third-order valence-electron chi connectivity index (χ3n) is 6.73. The zero-order chi connectivity index (χ0) is 22.2. The molecule has 4 heteroatoms. The van der Waals surface area contributed by atoms with Gasteiger partial charge in [-0.3, -0.25) is 4.79 Å². The quantitative estimate of drug-likeness (QED) is 0.352. The maximum atomic E-state index is 11.0. The van der Waals surface area contributed by atoms with E-state index in [-0.39, 0.29) is 11.8 Å². The number of benzene rings is 2. The zero-order valence-electron chi connectivity index (χ0n) is 18.5. The van der Waals surface area contributed by atoms with Gasteiger partial charge in [0.15, 0.2) is 0 Å². The highest BCUT2D eigenvalue weighted by atomic mass is 16.3. The van der Waals surface area contributed by atoms with Gasteiger partial charge in [-0.05, 0) is 54.4 Å². The molecule has 2 aromatic carbocycles. The van der Waals surface area contributed by atoms with Crippen LogP contribution in [0.2, 0.25) is 0 Å². The van der Waals surface area contributed by atoms with Gasteiger partial charge in [0.1, 0.15) is 6.29 Å². The van der Waals surface area contributed by atoms with Crippen molar-refractivity contribution >= 4 is 6.29 Å². The normalized spacial score (nSPS) is 24.3. The smallest absolute Gasteiger partial charge is 0.150 e. The number of aliphatic hydroxyl groups is 3. The number of aldehydes is 1. The van der Waals surface area contributed by atoms with E-state index in [9.17, 15) is 20.1 Å². The minimum atomic E-state index is -0.557. The molecule has 1 saturated carbocycles.